The molecule has 4 heterocycles. The average molecular weight is 411 g/mol. The molecule has 3 aromatic heterocycles. The Morgan fingerprint density at radius 1 is 1.25 bits per heavy atom. The molecular formula is C17H20F3N7S. The van der Waals surface area contributed by atoms with Crippen LogP contribution in [0.25, 0.3) is 10.2 Å². The smallest absolute Gasteiger partial charge is 0.347 e. The topological polar surface area (TPSA) is 85.8 Å². The van der Waals surface area contributed by atoms with Crippen molar-refractivity contribution in [3.05, 3.63) is 28.4 Å². The Kier molecular flexibility index (Phi) is 4.74. The second-order valence-electron chi connectivity index (χ2n) is 6.89. The third-order valence-corrected chi connectivity index (χ3v) is 5.74. The van der Waals surface area contributed by atoms with Gasteiger partial charge in [-0.05, 0) is 19.4 Å². The quantitative estimate of drug-likeness (QED) is 0.709. The molecule has 2 N–H and O–H groups in total. The SMILES string of the molecule is CCCc1cc2c(N3CCn4c(nnc4C(F)(F)F)C3)nc(C(C)N)nc2s1. The third-order valence-electron chi connectivity index (χ3n) is 4.65. The van der Waals surface area contributed by atoms with Gasteiger partial charge in [-0.2, -0.15) is 13.2 Å². The van der Waals surface area contributed by atoms with Gasteiger partial charge < -0.3 is 15.2 Å². The molecule has 4 rings (SSSR count). The number of hydrogen-bond acceptors (Lipinski definition) is 7. The molecule has 0 amide bonds. The standard InChI is InChI=1S/C17H20F3N7S/c1-3-4-10-7-11-14(22-13(9(2)21)23-15(11)28-10)26-5-6-27-12(8-26)24-25-16(27)17(18,19)20/h7,9H,3-6,8,21H2,1-2H3. The fourth-order valence-electron chi connectivity index (χ4n) is 3.33. The fraction of sp³-hybridized carbons (Fsp3) is 0.529. The molecule has 0 saturated heterocycles. The zero-order valence-electron chi connectivity index (χ0n) is 15.5. The highest BCUT2D eigenvalue weighted by Crippen LogP contribution is 2.35. The van der Waals surface area contributed by atoms with Crippen LogP contribution in [0.4, 0.5) is 19.0 Å². The molecule has 0 bridgehead atoms. The van der Waals surface area contributed by atoms with Gasteiger partial charge in [-0.3, -0.25) is 0 Å². The second kappa shape index (κ2) is 6.96. The van der Waals surface area contributed by atoms with E-state index < -0.39 is 12.0 Å². The Hall–Kier alpha value is -2.27. The molecule has 0 radical (unpaired) electrons. The van der Waals surface area contributed by atoms with Gasteiger partial charge in [0, 0.05) is 18.0 Å². The number of fused-ring (bicyclic) bond motifs is 2. The Morgan fingerprint density at radius 3 is 2.71 bits per heavy atom. The Morgan fingerprint density at radius 2 is 2.04 bits per heavy atom. The Bertz CT molecular complexity index is 1010. The van der Waals surface area contributed by atoms with E-state index in [1.807, 2.05) is 11.8 Å². The number of halogens is 3. The van der Waals surface area contributed by atoms with Gasteiger partial charge >= 0.3 is 6.18 Å². The van der Waals surface area contributed by atoms with E-state index in [9.17, 15) is 13.2 Å². The predicted molar refractivity (Wildman–Crippen MR) is 100 cm³/mol. The molecule has 28 heavy (non-hydrogen) atoms. The molecule has 0 spiro atoms. The molecule has 1 aliphatic heterocycles. The molecule has 11 heteroatoms. The molecular weight excluding hydrogens is 391 g/mol. The van der Waals surface area contributed by atoms with Crippen LogP contribution >= 0.6 is 11.3 Å². The van der Waals surface area contributed by atoms with Crippen LogP contribution in [0.3, 0.4) is 0 Å². The summed E-state index contributed by atoms with van der Waals surface area (Å²) in [6.07, 6.45) is -2.56. The summed E-state index contributed by atoms with van der Waals surface area (Å²) in [6.45, 7) is 4.64. The fourth-order valence-corrected chi connectivity index (χ4v) is 4.47. The first-order valence-electron chi connectivity index (χ1n) is 9.08. The van der Waals surface area contributed by atoms with Crippen molar-refractivity contribution in [3.8, 4) is 0 Å². The number of hydrogen-bond donors (Lipinski definition) is 1. The molecule has 1 atom stereocenters. The summed E-state index contributed by atoms with van der Waals surface area (Å²) in [7, 11) is 0. The van der Waals surface area contributed by atoms with Crippen molar-refractivity contribution in [1.82, 2.24) is 24.7 Å². The van der Waals surface area contributed by atoms with E-state index in [2.05, 4.69) is 33.2 Å². The minimum Gasteiger partial charge on any atom is -0.347 e. The number of anilines is 1. The highest BCUT2D eigenvalue weighted by atomic mass is 32.1. The number of aromatic nitrogens is 5. The maximum absolute atomic E-state index is 13.1. The summed E-state index contributed by atoms with van der Waals surface area (Å²) in [5.41, 5.74) is 6.01. The minimum atomic E-state index is -4.51. The first-order valence-corrected chi connectivity index (χ1v) is 9.89. The lowest BCUT2D eigenvalue weighted by atomic mass is 10.2. The summed E-state index contributed by atoms with van der Waals surface area (Å²) in [4.78, 5) is 13.2. The lowest BCUT2D eigenvalue weighted by Gasteiger charge is -2.29. The number of aryl methyl sites for hydroxylation is 1. The number of nitrogens with zero attached hydrogens (tertiary/aromatic N) is 6. The van der Waals surface area contributed by atoms with E-state index in [-0.39, 0.29) is 25.0 Å². The number of rotatable bonds is 4. The minimum absolute atomic E-state index is 0.141. The van der Waals surface area contributed by atoms with E-state index in [1.54, 1.807) is 11.3 Å². The van der Waals surface area contributed by atoms with Crippen LogP contribution in [0.15, 0.2) is 6.07 Å². The average Bonchev–Trinajstić information content (AvgIpc) is 3.23. The number of alkyl halides is 3. The first-order chi connectivity index (χ1) is 13.3. The van der Waals surface area contributed by atoms with Gasteiger partial charge in [0.2, 0.25) is 5.82 Å². The molecule has 0 fully saturated rings. The van der Waals surface area contributed by atoms with Crippen molar-refractivity contribution in [2.45, 2.75) is 52.0 Å². The van der Waals surface area contributed by atoms with E-state index in [4.69, 9.17) is 5.73 Å². The highest BCUT2D eigenvalue weighted by molar-refractivity contribution is 7.18. The monoisotopic (exact) mass is 411 g/mol. The van der Waals surface area contributed by atoms with Crippen LogP contribution in [0.5, 0.6) is 0 Å². The van der Waals surface area contributed by atoms with Crippen molar-refractivity contribution in [1.29, 1.82) is 0 Å². The maximum atomic E-state index is 13.1. The van der Waals surface area contributed by atoms with Gasteiger partial charge in [-0.25, -0.2) is 9.97 Å². The summed E-state index contributed by atoms with van der Waals surface area (Å²) in [5, 5.41) is 8.01. The van der Waals surface area contributed by atoms with Gasteiger partial charge in [0.25, 0.3) is 0 Å². The summed E-state index contributed by atoms with van der Waals surface area (Å²) >= 11 is 1.61. The highest BCUT2D eigenvalue weighted by Gasteiger charge is 2.39. The molecule has 1 aliphatic rings. The van der Waals surface area contributed by atoms with Gasteiger partial charge in [0.05, 0.1) is 18.0 Å². The third kappa shape index (κ3) is 3.32. The predicted octanol–water partition coefficient (Wildman–Crippen LogP) is 3.29. The zero-order valence-corrected chi connectivity index (χ0v) is 16.3. The van der Waals surface area contributed by atoms with Crippen LogP contribution in [0.1, 0.15) is 48.7 Å². The largest absolute Gasteiger partial charge is 0.451 e. The van der Waals surface area contributed by atoms with E-state index in [0.717, 1.165) is 27.6 Å². The summed E-state index contributed by atoms with van der Waals surface area (Å²) < 4.78 is 40.4. The summed E-state index contributed by atoms with van der Waals surface area (Å²) in [6, 6.07) is 1.73. The van der Waals surface area contributed by atoms with Gasteiger partial charge in [-0.15, -0.1) is 21.5 Å². The number of thiophene rings is 1. The molecule has 0 aliphatic carbocycles. The molecule has 150 valence electrons. The molecule has 0 saturated carbocycles. The van der Waals surface area contributed by atoms with Gasteiger partial charge in [-0.1, -0.05) is 13.3 Å². The molecule has 1 unspecified atom stereocenters. The summed E-state index contributed by atoms with van der Waals surface area (Å²) in [5.74, 6) is 0.540. The van der Waals surface area contributed by atoms with Crippen LogP contribution in [0, 0.1) is 0 Å². The molecule has 0 aromatic carbocycles. The van der Waals surface area contributed by atoms with E-state index in [1.165, 1.54) is 4.88 Å². The van der Waals surface area contributed by atoms with Crippen molar-refractivity contribution in [2.75, 3.05) is 11.4 Å². The first kappa shape index (κ1) is 19.1. The van der Waals surface area contributed by atoms with Crippen LogP contribution < -0.4 is 10.6 Å². The van der Waals surface area contributed by atoms with Gasteiger partial charge in [0.1, 0.15) is 16.5 Å². The van der Waals surface area contributed by atoms with Crippen molar-refractivity contribution in [2.24, 2.45) is 5.73 Å². The second-order valence-corrected chi connectivity index (χ2v) is 8.00. The molecule has 3 aromatic rings. The van der Waals surface area contributed by atoms with Gasteiger partial charge in [0.15, 0.2) is 5.82 Å². The van der Waals surface area contributed by atoms with Crippen LogP contribution in [-0.2, 0) is 25.7 Å². The van der Waals surface area contributed by atoms with Crippen LogP contribution in [0.2, 0.25) is 0 Å². The van der Waals surface area contributed by atoms with E-state index >= 15 is 0 Å². The lowest BCUT2D eigenvalue weighted by Crippen LogP contribution is -2.36. The van der Waals surface area contributed by atoms with Crippen molar-refractivity contribution in [3.63, 3.8) is 0 Å². The normalized spacial score (nSPS) is 15.9. The molecule has 7 nitrogen and oxygen atoms in total. The van der Waals surface area contributed by atoms with Crippen molar-refractivity contribution >= 4 is 27.4 Å². The number of nitrogens with two attached hydrogens (primary N) is 1. The maximum Gasteiger partial charge on any atom is 0.451 e. The van der Waals surface area contributed by atoms with Crippen molar-refractivity contribution < 1.29 is 13.2 Å². The Balaban J connectivity index is 1.75. The zero-order chi connectivity index (χ0) is 20.1. The van der Waals surface area contributed by atoms with E-state index in [0.29, 0.717) is 18.2 Å². The lowest BCUT2D eigenvalue weighted by molar-refractivity contribution is -0.147. The Labute approximate surface area is 163 Å². The van der Waals surface area contributed by atoms with Crippen LogP contribution in [-0.4, -0.2) is 31.3 Å².